The lowest BCUT2D eigenvalue weighted by atomic mass is 9.71. The molecule has 1 atom stereocenters. The molecule has 1 spiro atoms. The lowest BCUT2D eigenvalue weighted by Gasteiger charge is -2.56. The van der Waals surface area contributed by atoms with E-state index in [1.54, 1.807) is 17.0 Å². The number of fused-ring (bicyclic) bond motifs is 1. The zero-order valence-electron chi connectivity index (χ0n) is 17.0. The Morgan fingerprint density at radius 1 is 1.00 bits per heavy atom. The molecule has 5 rings (SSSR count). The smallest absolute Gasteiger partial charge is 0.407 e. The van der Waals surface area contributed by atoms with Crippen molar-refractivity contribution in [2.75, 3.05) is 26.2 Å². The van der Waals surface area contributed by atoms with E-state index in [9.17, 15) is 14.7 Å². The quantitative estimate of drug-likeness (QED) is 0.818. The first kappa shape index (κ1) is 19.1. The summed E-state index contributed by atoms with van der Waals surface area (Å²) in [6.45, 7) is 3.51. The molecule has 6 nitrogen and oxygen atoms in total. The minimum atomic E-state index is -0.786. The van der Waals surface area contributed by atoms with Crippen molar-refractivity contribution in [1.29, 1.82) is 0 Å². The predicted molar refractivity (Wildman–Crippen MR) is 114 cm³/mol. The zero-order valence-corrected chi connectivity index (χ0v) is 17.0. The fourth-order valence-corrected chi connectivity index (χ4v) is 5.51. The normalized spacial score (nSPS) is 22.5. The van der Waals surface area contributed by atoms with Crippen molar-refractivity contribution in [3.8, 4) is 11.1 Å². The molecular formula is C24H27N3O3. The van der Waals surface area contributed by atoms with E-state index in [0.717, 1.165) is 44.3 Å². The van der Waals surface area contributed by atoms with Gasteiger partial charge in [0, 0.05) is 37.8 Å². The SMILES string of the molecule is NC(=O)c1ccc(-c2ccc3c(c2)CC[C@H]3N2CC3(CCN(C(=O)O)CC3)C2)cc1. The summed E-state index contributed by atoms with van der Waals surface area (Å²) in [6.07, 6.45) is 3.41. The van der Waals surface area contributed by atoms with Crippen LogP contribution in [0.1, 0.15) is 46.8 Å². The third kappa shape index (κ3) is 3.25. The van der Waals surface area contributed by atoms with Crippen LogP contribution in [0.25, 0.3) is 11.1 Å². The Balaban J connectivity index is 1.26. The number of nitrogens with zero attached hydrogens (tertiary/aromatic N) is 2. The summed E-state index contributed by atoms with van der Waals surface area (Å²) >= 11 is 0. The van der Waals surface area contributed by atoms with Crippen molar-refractivity contribution < 1.29 is 14.7 Å². The zero-order chi connectivity index (χ0) is 20.9. The van der Waals surface area contributed by atoms with Crippen molar-refractivity contribution in [3.63, 3.8) is 0 Å². The van der Waals surface area contributed by atoms with Crippen LogP contribution in [0.2, 0.25) is 0 Å². The van der Waals surface area contributed by atoms with Gasteiger partial charge in [-0.1, -0.05) is 30.3 Å². The average Bonchev–Trinajstić information content (AvgIpc) is 3.15. The molecule has 2 heterocycles. The Hall–Kier alpha value is -2.86. The van der Waals surface area contributed by atoms with Gasteiger partial charge < -0.3 is 15.7 Å². The molecule has 2 fully saturated rings. The molecule has 0 bridgehead atoms. The fraction of sp³-hybridized carbons (Fsp3) is 0.417. The minimum Gasteiger partial charge on any atom is -0.465 e. The summed E-state index contributed by atoms with van der Waals surface area (Å²) in [5, 5.41) is 9.17. The average molecular weight is 405 g/mol. The molecular weight excluding hydrogens is 378 g/mol. The Morgan fingerprint density at radius 2 is 1.67 bits per heavy atom. The molecule has 156 valence electrons. The van der Waals surface area contributed by atoms with Gasteiger partial charge >= 0.3 is 6.09 Å². The van der Waals surface area contributed by atoms with Crippen molar-refractivity contribution in [1.82, 2.24) is 9.80 Å². The topological polar surface area (TPSA) is 86.9 Å². The summed E-state index contributed by atoms with van der Waals surface area (Å²) in [5.74, 6) is -0.403. The maximum atomic E-state index is 11.3. The summed E-state index contributed by atoms with van der Waals surface area (Å²) in [5.41, 5.74) is 11.3. The molecule has 30 heavy (non-hydrogen) atoms. The van der Waals surface area contributed by atoms with Gasteiger partial charge in [0.05, 0.1) is 0 Å². The van der Waals surface area contributed by atoms with E-state index >= 15 is 0 Å². The Labute approximate surface area is 176 Å². The van der Waals surface area contributed by atoms with Gasteiger partial charge in [0.2, 0.25) is 5.91 Å². The summed E-state index contributed by atoms with van der Waals surface area (Å²) in [6, 6.07) is 14.7. The lowest BCUT2D eigenvalue weighted by molar-refractivity contribution is -0.0664. The van der Waals surface area contributed by atoms with Crippen molar-refractivity contribution >= 4 is 12.0 Å². The van der Waals surface area contributed by atoms with Crippen LogP contribution < -0.4 is 5.73 Å². The van der Waals surface area contributed by atoms with Crippen molar-refractivity contribution in [2.24, 2.45) is 11.1 Å². The second-order valence-corrected chi connectivity index (χ2v) is 9.08. The highest BCUT2D eigenvalue weighted by atomic mass is 16.4. The van der Waals surface area contributed by atoms with Crippen LogP contribution >= 0.6 is 0 Å². The highest BCUT2D eigenvalue weighted by Gasteiger charge is 2.48. The number of primary amides is 1. The van der Waals surface area contributed by atoms with Crippen LogP contribution in [0.15, 0.2) is 42.5 Å². The van der Waals surface area contributed by atoms with Gasteiger partial charge in [0.1, 0.15) is 0 Å². The van der Waals surface area contributed by atoms with Gasteiger partial charge in [0.25, 0.3) is 0 Å². The van der Waals surface area contributed by atoms with Crippen LogP contribution in [0.3, 0.4) is 0 Å². The molecule has 3 N–H and O–H groups in total. The van der Waals surface area contributed by atoms with Gasteiger partial charge in [-0.05, 0) is 65.5 Å². The maximum absolute atomic E-state index is 11.3. The number of aryl methyl sites for hydroxylation is 1. The Kier molecular flexibility index (Phi) is 4.54. The first-order valence-electron chi connectivity index (χ1n) is 10.7. The Bertz CT molecular complexity index is 985. The van der Waals surface area contributed by atoms with Gasteiger partial charge in [-0.15, -0.1) is 0 Å². The summed E-state index contributed by atoms with van der Waals surface area (Å²) in [4.78, 5) is 26.6. The van der Waals surface area contributed by atoms with E-state index in [-0.39, 0.29) is 0 Å². The van der Waals surface area contributed by atoms with Crippen LogP contribution in [-0.4, -0.2) is 53.1 Å². The van der Waals surface area contributed by atoms with Gasteiger partial charge in [-0.2, -0.15) is 0 Å². The van der Waals surface area contributed by atoms with E-state index in [0.29, 0.717) is 30.1 Å². The number of likely N-dealkylation sites (tertiary alicyclic amines) is 2. The van der Waals surface area contributed by atoms with Gasteiger partial charge in [0.15, 0.2) is 0 Å². The molecule has 2 amide bonds. The minimum absolute atomic E-state index is 0.316. The summed E-state index contributed by atoms with van der Waals surface area (Å²) < 4.78 is 0. The van der Waals surface area contributed by atoms with E-state index in [1.807, 2.05) is 12.1 Å². The maximum Gasteiger partial charge on any atom is 0.407 e. The first-order chi connectivity index (χ1) is 14.4. The van der Waals surface area contributed by atoms with Crippen LogP contribution in [0.4, 0.5) is 4.79 Å². The highest BCUT2D eigenvalue weighted by Crippen LogP contribution is 2.48. The molecule has 2 saturated heterocycles. The molecule has 0 unspecified atom stereocenters. The third-order valence-electron chi connectivity index (χ3n) is 7.30. The van der Waals surface area contributed by atoms with E-state index in [4.69, 9.17) is 5.73 Å². The second kappa shape index (κ2) is 7.13. The van der Waals surface area contributed by atoms with E-state index < -0.39 is 12.0 Å². The Morgan fingerprint density at radius 3 is 2.30 bits per heavy atom. The number of rotatable bonds is 3. The highest BCUT2D eigenvalue weighted by molar-refractivity contribution is 5.93. The molecule has 6 heteroatoms. The summed E-state index contributed by atoms with van der Waals surface area (Å²) in [7, 11) is 0. The molecule has 0 saturated carbocycles. The van der Waals surface area contributed by atoms with E-state index in [1.165, 1.54) is 16.7 Å². The monoisotopic (exact) mass is 405 g/mol. The predicted octanol–water partition coefficient (Wildman–Crippen LogP) is 3.52. The number of carbonyl (C=O) groups is 2. The van der Waals surface area contributed by atoms with Crippen molar-refractivity contribution in [3.05, 3.63) is 59.2 Å². The first-order valence-corrected chi connectivity index (χ1v) is 10.7. The number of amides is 2. The number of nitrogens with two attached hydrogens (primary N) is 1. The molecule has 3 aliphatic rings. The largest absolute Gasteiger partial charge is 0.465 e. The number of carboxylic acid groups (broad SMARTS) is 1. The van der Waals surface area contributed by atoms with Crippen LogP contribution in [-0.2, 0) is 6.42 Å². The fourth-order valence-electron chi connectivity index (χ4n) is 5.51. The number of benzene rings is 2. The number of carbonyl (C=O) groups excluding carboxylic acids is 1. The van der Waals surface area contributed by atoms with Crippen LogP contribution in [0.5, 0.6) is 0 Å². The number of hydrogen-bond donors (Lipinski definition) is 2. The molecule has 2 aliphatic heterocycles. The van der Waals surface area contributed by atoms with Crippen LogP contribution in [0, 0.1) is 5.41 Å². The molecule has 1 aliphatic carbocycles. The third-order valence-corrected chi connectivity index (χ3v) is 7.30. The van der Waals surface area contributed by atoms with Gasteiger partial charge in [-0.3, -0.25) is 9.69 Å². The van der Waals surface area contributed by atoms with E-state index in [2.05, 4.69) is 23.1 Å². The standard InChI is InChI=1S/C24H27N3O3/c25-22(28)17-3-1-16(2-4-17)18-5-7-20-19(13-18)6-8-21(20)27-14-24(15-27)9-11-26(12-10-24)23(29)30/h1-5,7,13,21H,6,8-12,14-15H2,(H2,25,28)(H,29,30)/t21-/m1/s1. The molecule has 0 aromatic heterocycles. The number of piperidine rings is 1. The molecule has 2 aromatic carbocycles. The second-order valence-electron chi connectivity index (χ2n) is 9.08. The number of hydrogen-bond acceptors (Lipinski definition) is 3. The van der Waals surface area contributed by atoms with Gasteiger partial charge in [-0.25, -0.2) is 4.79 Å². The molecule has 2 aromatic rings. The molecule has 0 radical (unpaired) electrons. The lowest BCUT2D eigenvalue weighted by Crippen LogP contribution is -2.61. The van der Waals surface area contributed by atoms with Crippen molar-refractivity contribution in [2.45, 2.75) is 31.7 Å².